The third kappa shape index (κ3) is 57.5. The molecule has 1 rings (SSSR count). The molecule has 0 aromatic rings. The van der Waals surface area contributed by atoms with Crippen molar-refractivity contribution in [3.63, 3.8) is 0 Å². The first-order valence-electron chi connectivity index (χ1n) is 38.1. The summed E-state index contributed by atoms with van der Waals surface area (Å²) < 4.78 is 11.3. The molecule has 1 fully saturated rings. The number of allylic oxidation sites excluding steroid dienone is 23. The molecule has 1 aliphatic rings. The summed E-state index contributed by atoms with van der Waals surface area (Å²) in [7, 11) is 0. The molecule has 1 heterocycles. The minimum atomic E-state index is -1.58. The molecule has 6 N–H and O–H groups in total. The van der Waals surface area contributed by atoms with Gasteiger partial charge in [-0.1, -0.05) is 352 Å². The molecule has 0 aromatic heterocycles. The molecule has 0 radical (unpaired) electrons. The first-order valence-corrected chi connectivity index (χ1v) is 38.1. The van der Waals surface area contributed by atoms with Crippen LogP contribution in [0.3, 0.4) is 0 Å². The first-order chi connectivity index (χ1) is 45.3. The summed E-state index contributed by atoms with van der Waals surface area (Å²) in [6, 6.07) is -0.823. The van der Waals surface area contributed by atoms with Gasteiger partial charge in [-0.25, -0.2) is 0 Å². The third-order valence-corrected chi connectivity index (χ3v) is 17.2. The first kappa shape index (κ1) is 86.1. The van der Waals surface area contributed by atoms with Gasteiger partial charge in [0.15, 0.2) is 6.29 Å². The second-order valence-electron chi connectivity index (χ2n) is 25.7. The standard InChI is InChI=1S/C83H141NO8/c1-3-5-7-9-11-13-15-17-19-21-23-25-27-29-31-33-34-35-36-37-38-39-40-41-42-43-44-45-47-49-51-53-55-57-59-61-63-65-67-69-71-73-79(87)84-76(75-91-83-82(90)81(89)80(88)78(74-85)92-83)77(86)72-70-68-66-64-62-60-58-56-54-52-50-48-46-32-30-28-26-24-22-20-18-16-14-12-10-8-6-4-2/h5,7,11,13,17,19,23,25,29,31,34-35,37-38,40-41,43-44,47,49,53,55,70,72,76-78,80-83,85-86,88-90H,3-4,6,8-10,12,14-16,18,20-22,24,26-28,30,32-33,36,39,42,45-46,48,50-52,54,56-69,71,73-75H2,1-2H3,(H,84,87)/b7-5-,13-11-,19-17-,25-23-,31-29-,35-34-,38-37-,41-40-,44-43-,49-47-,55-53-,72-70+. The van der Waals surface area contributed by atoms with Crippen molar-refractivity contribution in [2.75, 3.05) is 13.2 Å². The SMILES string of the molecule is CC/C=C\C/C=C\C/C=C\C/C=C\C/C=C\C/C=C\C/C=C\C/C=C\C/C=C\C/C=C\C/C=C\CCCCCCCCCC(=O)NC(COC1OC(CO)C(O)C(O)C1O)C(O)/C=C/CCCCCCCCCCCCCCCCCCCCCCCCCCCC. The van der Waals surface area contributed by atoms with Crippen molar-refractivity contribution in [3.8, 4) is 0 Å². The molecule has 526 valence electrons. The van der Waals surface area contributed by atoms with E-state index < -0.39 is 49.5 Å². The Morgan fingerprint density at radius 2 is 0.674 bits per heavy atom. The van der Waals surface area contributed by atoms with Crippen LogP contribution in [0.4, 0.5) is 0 Å². The Labute approximate surface area is 565 Å². The van der Waals surface area contributed by atoms with E-state index in [1.165, 1.54) is 173 Å². The quantitative estimate of drug-likeness (QED) is 0.0261. The Morgan fingerprint density at radius 3 is 1.00 bits per heavy atom. The van der Waals surface area contributed by atoms with Crippen LogP contribution < -0.4 is 5.32 Å². The van der Waals surface area contributed by atoms with Crippen molar-refractivity contribution < 1.29 is 39.8 Å². The number of amides is 1. The van der Waals surface area contributed by atoms with E-state index >= 15 is 0 Å². The monoisotopic (exact) mass is 1280 g/mol. The Morgan fingerprint density at radius 1 is 0.380 bits per heavy atom. The van der Waals surface area contributed by atoms with Crippen LogP contribution in [-0.4, -0.2) is 87.5 Å². The van der Waals surface area contributed by atoms with Gasteiger partial charge in [0.25, 0.3) is 0 Å². The number of aliphatic hydroxyl groups is 5. The molecule has 1 amide bonds. The van der Waals surface area contributed by atoms with E-state index in [9.17, 15) is 30.3 Å². The fourth-order valence-electron chi connectivity index (χ4n) is 11.3. The molecule has 0 bridgehead atoms. The molecule has 1 aliphatic heterocycles. The van der Waals surface area contributed by atoms with Gasteiger partial charge in [0, 0.05) is 6.42 Å². The van der Waals surface area contributed by atoms with Crippen LogP contribution in [0, 0.1) is 0 Å². The number of unbranched alkanes of at least 4 members (excludes halogenated alkanes) is 33. The van der Waals surface area contributed by atoms with Crippen molar-refractivity contribution in [1.29, 1.82) is 0 Å². The second kappa shape index (κ2) is 69.9. The zero-order chi connectivity index (χ0) is 66.4. The molecule has 0 aromatic carbocycles. The van der Waals surface area contributed by atoms with Gasteiger partial charge in [0.05, 0.1) is 25.4 Å². The number of hydrogen-bond acceptors (Lipinski definition) is 8. The van der Waals surface area contributed by atoms with Gasteiger partial charge in [-0.05, 0) is 103 Å². The summed E-state index contributed by atoms with van der Waals surface area (Å²) in [5, 5.41) is 54.9. The average molecular weight is 1280 g/mol. The van der Waals surface area contributed by atoms with E-state index in [0.29, 0.717) is 6.42 Å². The number of nitrogens with one attached hydrogen (secondary N) is 1. The smallest absolute Gasteiger partial charge is 0.220 e. The minimum Gasteiger partial charge on any atom is -0.394 e. The fraction of sp³-hybridized carbons (Fsp3) is 0.699. The summed E-state index contributed by atoms with van der Waals surface area (Å²) in [5.74, 6) is -0.190. The van der Waals surface area contributed by atoms with Crippen molar-refractivity contribution in [1.82, 2.24) is 5.32 Å². The molecule has 92 heavy (non-hydrogen) atoms. The Kier molecular flexibility index (Phi) is 65.4. The van der Waals surface area contributed by atoms with Crippen molar-refractivity contribution >= 4 is 5.91 Å². The summed E-state index contributed by atoms with van der Waals surface area (Å²) in [4.78, 5) is 13.2. The number of ether oxygens (including phenoxy) is 2. The number of aliphatic hydroxyl groups excluding tert-OH is 5. The highest BCUT2D eigenvalue weighted by Gasteiger charge is 2.44. The lowest BCUT2D eigenvalue weighted by atomic mass is 9.99. The number of carbonyl (C=O) groups is 1. The zero-order valence-electron chi connectivity index (χ0n) is 59.0. The predicted octanol–water partition coefficient (Wildman–Crippen LogP) is 21.7. The van der Waals surface area contributed by atoms with E-state index in [-0.39, 0.29) is 12.5 Å². The summed E-state index contributed by atoms with van der Waals surface area (Å²) in [6.07, 6.45) is 101. The number of rotatable bonds is 65. The number of hydrogen-bond donors (Lipinski definition) is 6. The van der Waals surface area contributed by atoms with Crippen LogP contribution in [0.25, 0.3) is 0 Å². The Hall–Kier alpha value is -3.93. The van der Waals surface area contributed by atoms with E-state index in [0.717, 1.165) is 122 Å². The Bertz CT molecular complexity index is 1970. The molecule has 0 saturated carbocycles. The van der Waals surface area contributed by atoms with Gasteiger partial charge in [-0.2, -0.15) is 0 Å². The van der Waals surface area contributed by atoms with E-state index in [1.54, 1.807) is 6.08 Å². The van der Waals surface area contributed by atoms with E-state index in [2.05, 4.69) is 153 Å². The van der Waals surface area contributed by atoms with Crippen molar-refractivity contribution in [2.45, 2.75) is 358 Å². The molecule has 7 atom stereocenters. The van der Waals surface area contributed by atoms with Crippen LogP contribution in [-0.2, 0) is 14.3 Å². The lowest BCUT2D eigenvalue weighted by Crippen LogP contribution is -2.60. The van der Waals surface area contributed by atoms with E-state index in [1.807, 2.05) is 6.08 Å². The lowest BCUT2D eigenvalue weighted by molar-refractivity contribution is -0.302. The van der Waals surface area contributed by atoms with Gasteiger partial charge in [-0.15, -0.1) is 0 Å². The topological polar surface area (TPSA) is 149 Å². The second-order valence-corrected chi connectivity index (χ2v) is 25.7. The van der Waals surface area contributed by atoms with Gasteiger partial charge >= 0.3 is 0 Å². The maximum Gasteiger partial charge on any atom is 0.220 e. The van der Waals surface area contributed by atoms with Crippen LogP contribution in [0.2, 0.25) is 0 Å². The highest BCUT2D eigenvalue weighted by Crippen LogP contribution is 2.23. The predicted molar refractivity (Wildman–Crippen MR) is 396 cm³/mol. The highest BCUT2D eigenvalue weighted by atomic mass is 16.7. The van der Waals surface area contributed by atoms with Crippen LogP contribution >= 0.6 is 0 Å². The molecule has 0 aliphatic carbocycles. The van der Waals surface area contributed by atoms with Crippen molar-refractivity contribution in [2.24, 2.45) is 0 Å². The van der Waals surface area contributed by atoms with Crippen molar-refractivity contribution in [3.05, 3.63) is 146 Å². The Balaban J connectivity index is 2.15. The normalized spacial score (nSPS) is 18.5. The maximum atomic E-state index is 13.2. The van der Waals surface area contributed by atoms with Crippen LogP contribution in [0.15, 0.2) is 146 Å². The summed E-state index contributed by atoms with van der Waals surface area (Å²) in [5.41, 5.74) is 0. The zero-order valence-corrected chi connectivity index (χ0v) is 59.0. The summed E-state index contributed by atoms with van der Waals surface area (Å²) >= 11 is 0. The average Bonchev–Trinajstić information content (AvgIpc) is 1.00. The van der Waals surface area contributed by atoms with Crippen LogP contribution in [0.1, 0.15) is 316 Å². The third-order valence-electron chi connectivity index (χ3n) is 17.2. The van der Waals surface area contributed by atoms with Gasteiger partial charge < -0.3 is 40.3 Å². The molecule has 9 heteroatoms. The molecule has 0 spiro atoms. The molecule has 9 nitrogen and oxygen atoms in total. The van der Waals surface area contributed by atoms with E-state index in [4.69, 9.17) is 9.47 Å². The largest absolute Gasteiger partial charge is 0.394 e. The van der Waals surface area contributed by atoms with Gasteiger partial charge in [0.1, 0.15) is 24.4 Å². The molecular weight excluding hydrogens is 1140 g/mol. The maximum absolute atomic E-state index is 13.2. The molecule has 1 saturated heterocycles. The minimum absolute atomic E-state index is 0.190. The van der Waals surface area contributed by atoms with Crippen LogP contribution in [0.5, 0.6) is 0 Å². The summed E-state index contributed by atoms with van der Waals surface area (Å²) in [6.45, 7) is 3.68. The fourth-order valence-corrected chi connectivity index (χ4v) is 11.3. The highest BCUT2D eigenvalue weighted by molar-refractivity contribution is 5.76. The molecular formula is C83H141NO8. The number of carbonyl (C=O) groups excluding carboxylic acids is 1. The van der Waals surface area contributed by atoms with Gasteiger partial charge in [0.2, 0.25) is 5.91 Å². The molecule has 7 unspecified atom stereocenters. The van der Waals surface area contributed by atoms with Gasteiger partial charge in [-0.3, -0.25) is 4.79 Å². The lowest BCUT2D eigenvalue weighted by Gasteiger charge is -2.40.